The van der Waals surface area contributed by atoms with Gasteiger partial charge in [-0.15, -0.1) is 0 Å². The summed E-state index contributed by atoms with van der Waals surface area (Å²) in [6.45, 7) is 1.47. The lowest BCUT2D eigenvalue weighted by Crippen LogP contribution is -2.52. The molecule has 3 rings (SSSR count). The van der Waals surface area contributed by atoms with Crippen LogP contribution in [0.2, 0.25) is 0 Å². The molecule has 0 spiro atoms. The van der Waals surface area contributed by atoms with Gasteiger partial charge in [0.25, 0.3) is 0 Å². The predicted molar refractivity (Wildman–Crippen MR) is 137 cm³/mol. The third kappa shape index (κ3) is 7.45. The minimum atomic E-state index is -3.76. The molecular formula is C26H35N3O5S. The van der Waals surface area contributed by atoms with E-state index in [0.717, 1.165) is 41.8 Å². The molecule has 1 fully saturated rings. The van der Waals surface area contributed by atoms with Crippen LogP contribution in [0.25, 0.3) is 0 Å². The van der Waals surface area contributed by atoms with Crippen LogP contribution in [0.1, 0.15) is 44.6 Å². The Morgan fingerprint density at radius 3 is 2.23 bits per heavy atom. The second-order valence-electron chi connectivity index (χ2n) is 8.99. The molecule has 2 aromatic rings. The van der Waals surface area contributed by atoms with Crippen LogP contribution in [0.5, 0.6) is 5.75 Å². The Bertz CT molecular complexity index is 1080. The SMILES string of the molecule is COc1ccc(N(CC(=O)N(Cc2ccccc2)C(C)C(=O)NC2CCCCC2)S(C)(=O)=O)cc1. The number of rotatable bonds is 10. The van der Waals surface area contributed by atoms with Gasteiger partial charge >= 0.3 is 0 Å². The molecule has 1 atom stereocenters. The number of amides is 2. The standard InChI is InChI=1S/C26H35N3O5S/c1-20(26(31)27-22-12-8-5-9-13-22)28(18-21-10-6-4-7-11-21)25(30)19-29(35(3,32)33)23-14-16-24(34-2)17-15-23/h4,6-7,10-11,14-17,20,22H,5,8-9,12-13,18-19H2,1-3H3,(H,27,31). The quantitative estimate of drug-likeness (QED) is 0.539. The van der Waals surface area contributed by atoms with E-state index >= 15 is 0 Å². The Kier molecular flexibility index (Phi) is 9.14. The Balaban J connectivity index is 1.83. The number of ether oxygens (including phenoxy) is 1. The van der Waals surface area contributed by atoms with Gasteiger partial charge in [-0.05, 0) is 49.6 Å². The zero-order chi connectivity index (χ0) is 25.4. The van der Waals surface area contributed by atoms with Crippen molar-refractivity contribution in [2.24, 2.45) is 0 Å². The average Bonchev–Trinajstić information content (AvgIpc) is 2.86. The smallest absolute Gasteiger partial charge is 0.244 e. The molecule has 0 aliphatic heterocycles. The molecule has 1 saturated carbocycles. The molecule has 0 bridgehead atoms. The average molecular weight is 502 g/mol. The van der Waals surface area contributed by atoms with E-state index in [1.165, 1.54) is 18.4 Å². The fourth-order valence-electron chi connectivity index (χ4n) is 4.29. The summed E-state index contributed by atoms with van der Waals surface area (Å²) in [5.74, 6) is -0.106. The lowest BCUT2D eigenvalue weighted by Gasteiger charge is -2.33. The topological polar surface area (TPSA) is 96.0 Å². The number of benzene rings is 2. The van der Waals surface area contributed by atoms with Crippen LogP contribution < -0.4 is 14.4 Å². The Hall–Kier alpha value is -3.07. The predicted octanol–water partition coefficient (Wildman–Crippen LogP) is 3.33. The maximum absolute atomic E-state index is 13.6. The molecule has 0 aromatic heterocycles. The Morgan fingerprint density at radius 1 is 1.03 bits per heavy atom. The maximum Gasteiger partial charge on any atom is 0.244 e. The highest BCUT2D eigenvalue weighted by Gasteiger charge is 2.31. The van der Waals surface area contributed by atoms with Crippen molar-refractivity contribution in [1.82, 2.24) is 10.2 Å². The summed E-state index contributed by atoms with van der Waals surface area (Å²) in [4.78, 5) is 28.1. The van der Waals surface area contributed by atoms with Gasteiger partial charge in [-0.2, -0.15) is 0 Å². The first kappa shape index (κ1) is 26.5. The summed E-state index contributed by atoms with van der Waals surface area (Å²) in [5.41, 5.74) is 1.20. The van der Waals surface area contributed by atoms with Crippen LogP contribution in [-0.4, -0.2) is 57.1 Å². The van der Waals surface area contributed by atoms with Crippen molar-refractivity contribution in [2.75, 3.05) is 24.2 Å². The fraction of sp³-hybridized carbons (Fsp3) is 0.462. The lowest BCUT2D eigenvalue weighted by molar-refractivity contribution is -0.139. The Labute approximate surface area is 208 Å². The molecule has 9 heteroatoms. The van der Waals surface area contributed by atoms with E-state index in [0.29, 0.717) is 11.4 Å². The van der Waals surface area contributed by atoms with Gasteiger partial charge in [0.2, 0.25) is 21.8 Å². The van der Waals surface area contributed by atoms with Crippen LogP contribution >= 0.6 is 0 Å². The van der Waals surface area contributed by atoms with Crippen LogP contribution in [0.4, 0.5) is 5.69 Å². The van der Waals surface area contributed by atoms with Gasteiger partial charge in [0.05, 0.1) is 19.1 Å². The van der Waals surface area contributed by atoms with Gasteiger partial charge in [-0.25, -0.2) is 8.42 Å². The summed E-state index contributed by atoms with van der Waals surface area (Å²) < 4.78 is 31.4. The molecule has 8 nitrogen and oxygen atoms in total. The maximum atomic E-state index is 13.6. The van der Waals surface area contributed by atoms with E-state index in [2.05, 4.69) is 5.32 Å². The van der Waals surface area contributed by atoms with Gasteiger partial charge in [-0.1, -0.05) is 49.6 Å². The van der Waals surface area contributed by atoms with Gasteiger partial charge in [0.1, 0.15) is 18.3 Å². The number of methoxy groups -OCH3 is 1. The molecule has 2 aromatic carbocycles. The molecular weight excluding hydrogens is 466 g/mol. The van der Waals surface area contributed by atoms with Crippen LogP contribution in [0.3, 0.4) is 0 Å². The number of sulfonamides is 1. The molecule has 0 heterocycles. The third-order valence-corrected chi connectivity index (χ3v) is 7.49. The van der Waals surface area contributed by atoms with E-state index in [4.69, 9.17) is 4.74 Å². The molecule has 190 valence electrons. The van der Waals surface area contributed by atoms with Crippen molar-refractivity contribution in [3.8, 4) is 5.75 Å². The van der Waals surface area contributed by atoms with Crippen molar-refractivity contribution in [1.29, 1.82) is 0 Å². The van der Waals surface area contributed by atoms with Gasteiger partial charge in [-0.3, -0.25) is 13.9 Å². The van der Waals surface area contributed by atoms with E-state index in [-0.39, 0.29) is 18.5 Å². The zero-order valence-corrected chi connectivity index (χ0v) is 21.5. The zero-order valence-electron chi connectivity index (χ0n) is 20.6. The molecule has 1 unspecified atom stereocenters. The summed E-state index contributed by atoms with van der Waals surface area (Å²) in [6, 6.07) is 15.2. The number of hydrogen-bond donors (Lipinski definition) is 1. The molecule has 0 saturated heterocycles. The summed E-state index contributed by atoms with van der Waals surface area (Å²) in [6.07, 6.45) is 6.27. The molecule has 1 N–H and O–H groups in total. The minimum Gasteiger partial charge on any atom is -0.497 e. The minimum absolute atomic E-state index is 0.110. The first-order chi connectivity index (χ1) is 16.7. The molecule has 1 aliphatic rings. The number of carbonyl (C=O) groups excluding carboxylic acids is 2. The second-order valence-corrected chi connectivity index (χ2v) is 10.9. The highest BCUT2D eigenvalue weighted by atomic mass is 32.2. The third-order valence-electron chi connectivity index (χ3n) is 6.35. The van der Waals surface area contributed by atoms with Gasteiger partial charge in [0, 0.05) is 12.6 Å². The van der Waals surface area contributed by atoms with Gasteiger partial charge in [0.15, 0.2) is 0 Å². The Morgan fingerprint density at radius 2 is 1.66 bits per heavy atom. The summed E-state index contributed by atoms with van der Waals surface area (Å²) in [5, 5.41) is 3.09. The molecule has 35 heavy (non-hydrogen) atoms. The van der Waals surface area contributed by atoms with Crippen LogP contribution in [0, 0.1) is 0 Å². The van der Waals surface area contributed by atoms with E-state index in [9.17, 15) is 18.0 Å². The van der Waals surface area contributed by atoms with Gasteiger partial charge < -0.3 is 15.0 Å². The molecule has 2 amide bonds. The van der Waals surface area contributed by atoms with Crippen molar-refractivity contribution in [3.05, 3.63) is 60.2 Å². The summed E-state index contributed by atoms with van der Waals surface area (Å²) >= 11 is 0. The highest BCUT2D eigenvalue weighted by Crippen LogP contribution is 2.23. The van der Waals surface area contributed by atoms with E-state index < -0.39 is 28.5 Å². The van der Waals surface area contributed by atoms with Crippen molar-refractivity contribution in [2.45, 2.75) is 57.7 Å². The normalized spacial score (nSPS) is 15.2. The second kappa shape index (κ2) is 12.1. The fourth-order valence-corrected chi connectivity index (χ4v) is 5.14. The van der Waals surface area contributed by atoms with Crippen LogP contribution in [0.15, 0.2) is 54.6 Å². The number of hydrogen-bond acceptors (Lipinski definition) is 5. The first-order valence-electron chi connectivity index (χ1n) is 11.9. The van der Waals surface area contributed by atoms with Crippen LogP contribution in [-0.2, 0) is 26.2 Å². The summed E-state index contributed by atoms with van der Waals surface area (Å²) in [7, 11) is -2.24. The molecule has 1 aliphatic carbocycles. The first-order valence-corrected chi connectivity index (χ1v) is 13.8. The van der Waals surface area contributed by atoms with Crippen molar-refractivity contribution < 1.29 is 22.7 Å². The number of nitrogens with one attached hydrogen (secondary N) is 1. The largest absolute Gasteiger partial charge is 0.497 e. The lowest BCUT2D eigenvalue weighted by atomic mass is 9.95. The van der Waals surface area contributed by atoms with E-state index in [1.54, 1.807) is 31.2 Å². The monoisotopic (exact) mass is 501 g/mol. The number of carbonyl (C=O) groups is 2. The number of nitrogens with zero attached hydrogens (tertiary/aromatic N) is 2. The highest BCUT2D eigenvalue weighted by molar-refractivity contribution is 7.92. The van der Waals surface area contributed by atoms with Crippen molar-refractivity contribution in [3.63, 3.8) is 0 Å². The molecule has 0 radical (unpaired) electrons. The number of anilines is 1. The van der Waals surface area contributed by atoms with Crippen molar-refractivity contribution >= 4 is 27.5 Å². The van der Waals surface area contributed by atoms with E-state index in [1.807, 2.05) is 30.3 Å².